The smallest absolute Gasteiger partial charge is 0.380 e. The van der Waals surface area contributed by atoms with Gasteiger partial charge in [-0.15, -0.1) is 0 Å². The Morgan fingerprint density at radius 1 is 1.06 bits per heavy atom. The number of hydrogen-bond acceptors (Lipinski definition) is 3. The van der Waals surface area contributed by atoms with E-state index in [-0.39, 0.29) is 38.8 Å². The Balaban J connectivity index is 1.58. The fourth-order valence-electron chi connectivity index (χ4n) is 4.44. The van der Waals surface area contributed by atoms with Crippen LogP contribution in [0.4, 0.5) is 26.3 Å². The highest BCUT2D eigenvalue weighted by atomic mass is 19.4. The number of hydrogen-bond donors (Lipinski definition) is 2. The van der Waals surface area contributed by atoms with Crippen molar-refractivity contribution in [1.82, 2.24) is 10.2 Å². The maximum atomic E-state index is 13.7. The van der Waals surface area contributed by atoms with E-state index in [9.17, 15) is 36.2 Å². The highest BCUT2D eigenvalue weighted by Gasteiger charge is 2.55. The topological polar surface area (TPSA) is 52.6 Å². The van der Waals surface area contributed by atoms with Crippen molar-refractivity contribution in [2.45, 2.75) is 75.1 Å². The quantitative estimate of drug-likeness (QED) is 0.674. The zero-order valence-corrected chi connectivity index (χ0v) is 16.8. The van der Waals surface area contributed by atoms with E-state index in [1.807, 2.05) is 0 Å². The van der Waals surface area contributed by atoms with Crippen LogP contribution in [-0.4, -0.2) is 52.5 Å². The van der Waals surface area contributed by atoms with Crippen LogP contribution in [0.15, 0.2) is 30.3 Å². The van der Waals surface area contributed by atoms with E-state index in [0.29, 0.717) is 0 Å². The van der Waals surface area contributed by atoms with Gasteiger partial charge in [-0.25, -0.2) is 0 Å². The van der Waals surface area contributed by atoms with Crippen molar-refractivity contribution in [2.75, 3.05) is 6.54 Å². The standard InChI is InChI=1S/C21H26F6N2O2/c22-20(23,24)17-12-15(8-11-29(17)13-14-4-2-1-3-5-14)18(30)28-16-6-9-19(31,10-7-16)21(25,26)27/h1-5,15-17,31H,6-13H2,(H,28,30)/t15-,16-,17-,19-/m1/s1. The van der Waals surface area contributed by atoms with Crippen molar-refractivity contribution in [3.8, 4) is 0 Å². The largest absolute Gasteiger partial charge is 0.417 e. The molecule has 2 aliphatic rings. The number of benzene rings is 1. The molecule has 10 heteroatoms. The molecular weight excluding hydrogens is 426 g/mol. The van der Waals surface area contributed by atoms with Gasteiger partial charge in [0, 0.05) is 18.5 Å². The Bertz CT molecular complexity index is 744. The van der Waals surface area contributed by atoms with Crippen LogP contribution >= 0.6 is 0 Å². The molecule has 1 saturated heterocycles. The van der Waals surface area contributed by atoms with Gasteiger partial charge < -0.3 is 10.4 Å². The summed E-state index contributed by atoms with van der Waals surface area (Å²) >= 11 is 0. The fourth-order valence-corrected chi connectivity index (χ4v) is 4.44. The molecular formula is C21H26F6N2O2. The molecule has 1 aliphatic heterocycles. The van der Waals surface area contributed by atoms with Crippen LogP contribution in [0.5, 0.6) is 0 Å². The summed E-state index contributed by atoms with van der Waals surface area (Å²) in [6.45, 7) is 0.216. The Hall–Kier alpha value is -1.81. The average Bonchev–Trinajstić information content (AvgIpc) is 2.69. The first kappa shape index (κ1) is 23.8. The first-order valence-electron chi connectivity index (χ1n) is 10.3. The number of likely N-dealkylation sites (tertiary alicyclic amines) is 1. The molecule has 1 aromatic rings. The van der Waals surface area contributed by atoms with E-state index in [1.165, 1.54) is 4.90 Å². The Labute approximate surface area is 176 Å². The van der Waals surface area contributed by atoms with Crippen LogP contribution < -0.4 is 5.32 Å². The third-order valence-electron chi connectivity index (χ3n) is 6.38. The van der Waals surface area contributed by atoms with Crippen molar-refractivity contribution in [1.29, 1.82) is 0 Å². The number of alkyl halides is 6. The van der Waals surface area contributed by atoms with Crippen LogP contribution in [0.2, 0.25) is 0 Å². The third kappa shape index (κ3) is 5.71. The second-order valence-electron chi connectivity index (χ2n) is 8.55. The van der Waals surface area contributed by atoms with Gasteiger partial charge in [-0.2, -0.15) is 26.3 Å². The summed E-state index contributed by atoms with van der Waals surface area (Å²) in [6.07, 6.45) is -10.6. The second-order valence-corrected chi connectivity index (χ2v) is 8.55. The van der Waals surface area contributed by atoms with Crippen LogP contribution in [-0.2, 0) is 11.3 Å². The predicted octanol–water partition coefficient (Wildman–Crippen LogP) is 4.18. The van der Waals surface area contributed by atoms with Gasteiger partial charge in [0.15, 0.2) is 5.60 Å². The van der Waals surface area contributed by atoms with E-state index in [4.69, 9.17) is 0 Å². The summed E-state index contributed by atoms with van der Waals surface area (Å²) in [5.74, 6) is -1.42. The first-order valence-corrected chi connectivity index (χ1v) is 10.3. The second kappa shape index (κ2) is 8.97. The molecule has 2 atom stereocenters. The van der Waals surface area contributed by atoms with E-state index in [0.717, 1.165) is 5.56 Å². The molecule has 1 heterocycles. The van der Waals surface area contributed by atoms with Crippen molar-refractivity contribution in [2.24, 2.45) is 5.92 Å². The van der Waals surface area contributed by atoms with E-state index in [2.05, 4.69) is 5.32 Å². The molecule has 1 aliphatic carbocycles. The van der Waals surface area contributed by atoms with E-state index >= 15 is 0 Å². The maximum Gasteiger partial charge on any atom is 0.417 e. The molecule has 4 nitrogen and oxygen atoms in total. The van der Waals surface area contributed by atoms with Gasteiger partial charge in [0.25, 0.3) is 0 Å². The van der Waals surface area contributed by atoms with Gasteiger partial charge >= 0.3 is 12.4 Å². The molecule has 1 amide bonds. The molecule has 1 saturated carbocycles. The highest BCUT2D eigenvalue weighted by molar-refractivity contribution is 5.79. The Kier molecular flexibility index (Phi) is 6.90. The monoisotopic (exact) mass is 452 g/mol. The van der Waals surface area contributed by atoms with E-state index in [1.54, 1.807) is 30.3 Å². The van der Waals surface area contributed by atoms with Crippen LogP contribution in [0, 0.1) is 5.92 Å². The number of carbonyl (C=O) groups excluding carboxylic acids is 1. The van der Waals surface area contributed by atoms with Crippen LogP contribution in [0.3, 0.4) is 0 Å². The zero-order valence-electron chi connectivity index (χ0n) is 16.8. The molecule has 0 unspecified atom stereocenters. The van der Waals surface area contributed by atoms with Gasteiger partial charge in [-0.05, 0) is 50.6 Å². The van der Waals surface area contributed by atoms with Crippen molar-refractivity contribution >= 4 is 5.91 Å². The molecule has 31 heavy (non-hydrogen) atoms. The number of carbonyl (C=O) groups is 1. The molecule has 174 valence electrons. The Morgan fingerprint density at radius 2 is 1.68 bits per heavy atom. The summed E-state index contributed by atoms with van der Waals surface area (Å²) in [7, 11) is 0. The highest BCUT2D eigenvalue weighted by Crippen LogP contribution is 2.41. The van der Waals surface area contributed by atoms with Gasteiger partial charge in [-0.3, -0.25) is 9.69 Å². The number of nitrogens with zero attached hydrogens (tertiary/aromatic N) is 1. The first-order chi connectivity index (χ1) is 14.4. The molecule has 0 bridgehead atoms. The van der Waals surface area contributed by atoms with Gasteiger partial charge in [0.1, 0.15) is 6.04 Å². The number of aliphatic hydroxyl groups is 1. The molecule has 0 aromatic heterocycles. The summed E-state index contributed by atoms with van der Waals surface area (Å²) in [6, 6.07) is 6.43. The lowest BCUT2D eigenvalue weighted by atomic mass is 9.81. The summed E-state index contributed by atoms with van der Waals surface area (Å²) in [5.41, 5.74) is -2.02. The van der Waals surface area contributed by atoms with Crippen molar-refractivity contribution in [3.05, 3.63) is 35.9 Å². The minimum atomic E-state index is -4.74. The summed E-state index contributed by atoms with van der Waals surface area (Å²) in [4.78, 5) is 13.9. The van der Waals surface area contributed by atoms with Crippen LogP contribution in [0.1, 0.15) is 44.1 Å². The predicted molar refractivity (Wildman–Crippen MR) is 101 cm³/mol. The summed E-state index contributed by atoms with van der Waals surface area (Å²) in [5, 5.41) is 12.3. The zero-order chi connectivity index (χ0) is 22.9. The number of piperidine rings is 1. The molecule has 2 N–H and O–H groups in total. The lowest BCUT2D eigenvalue weighted by Crippen LogP contribution is -2.54. The number of halogens is 6. The van der Waals surface area contributed by atoms with Crippen molar-refractivity contribution < 1.29 is 36.2 Å². The lowest BCUT2D eigenvalue weighted by Gasteiger charge is -2.41. The Morgan fingerprint density at radius 3 is 2.23 bits per heavy atom. The van der Waals surface area contributed by atoms with Gasteiger partial charge in [0.2, 0.25) is 5.91 Å². The number of rotatable bonds is 4. The molecule has 0 radical (unpaired) electrons. The average molecular weight is 452 g/mol. The number of nitrogens with one attached hydrogen (secondary N) is 1. The molecule has 0 spiro atoms. The SMILES string of the molecule is O=C(N[C@H]1CC[C@@](O)(C(F)(F)F)CC1)[C@@H]1CCN(Cc2ccccc2)[C@@H](C(F)(F)F)C1. The van der Waals surface area contributed by atoms with Crippen LogP contribution in [0.25, 0.3) is 0 Å². The normalized spacial score (nSPS) is 30.7. The minimum absolute atomic E-state index is 0.0721. The minimum Gasteiger partial charge on any atom is -0.380 e. The maximum absolute atomic E-state index is 13.7. The lowest BCUT2D eigenvalue weighted by molar-refractivity contribution is -0.270. The fraction of sp³-hybridized carbons (Fsp3) is 0.667. The molecule has 1 aromatic carbocycles. The van der Waals surface area contributed by atoms with Crippen molar-refractivity contribution in [3.63, 3.8) is 0 Å². The number of amides is 1. The van der Waals surface area contributed by atoms with Gasteiger partial charge in [0.05, 0.1) is 0 Å². The molecule has 2 fully saturated rings. The third-order valence-corrected chi connectivity index (χ3v) is 6.38. The summed E-state index contributed by atoms with van der Waals surface area (Å²) < 4.78 is 79.8. The van der Waals surface area contributed by atoms with E-state index < -0.39 is 54.7 Å². The molecule has 3 rings (SSSR count). The van der Waals surface area contributed by atoms with Gasteiger partial charge in [-0.1, -0.05) is 30.3 Å².